The van der Waals surface area contributed by atoms with Gasteiger partial charge in [-0.15, -0.1) is 0 Å². The van der Waals surface area contributed by atoms with Crippen LogP contribution in [0.1, 0.15) is 36.2 Å². The number of anilines is 2. The van der Waals surface area contributed by atoms with Gasteiger partial charge >= 0.3 is 0 Å². The van der Waals surface area contributed by atoms with Crippen LogP contribution in [0.15, 0.2) is 12.1 Å². The van der Waals surface area contributed by atoms with Crippen molar-refractivity contribution in [2.75, 3.05) is 24.6 Å². The van der Waals surface area contributed by atoms with Crippen molar-refractivity contribution in [3.63, 3.8) is 0 Å². The van der Waals surface area contributed by atoms with Crippen LogP contribution in [0.5, 0.6) is 0 Å². The van der Waals surface area contributed by atoms with Gasteiger partial charge in [-0.3, -0.25) is 4.79 Å². The maximum Gasteiger partial charge on any atom is 0.254 e. The summed E-state index contributed by atoms with van der Waals surface area (Å²) in [4.78, 5) is 14.4. The topological polar surface area (TPSA) is 72.4 Å². The molecule has 19 heavy (non-hydrogen) atoms. The molecule has 1 aliphatic rings. The molecule has 1 saturated heterocycles. The normalized spacial score (nSPS) is 23.4. The van der Waals surface area contributed by atoms with Gasteiger partial charge in [0.1, 0.15) is 0 Å². The Bertz CT molecular complexity index is 465. The standard InChI is InChI=1S/C15H23N3O/c1-9-4-10(2)8-18(7-9)15(19)12-5-13(16)11(3)14(17)6-12/h5-6,9-10H,4,7-8,16-17H2,1-3H3/t9-,10-/m0/s1. The molecule has 4 nitrogen and oxygen atoms in total. The van der Waals surface area contributed by atoms with E-state index in [4.69, 9.17) is 11.5 Å². The Morgan fingerprint density at radius 2 is 1.63 bits per heavy atom. The Morgan fingerprint density at radius 3 is 2.11 bits per heavy atom. The van der Waals surface area contributed by atoms with E-state index in [1.807, 2.05) is 11.8 Å². The van der Waals surface area contributed by atoms with Crippen molar-refractivity contribution < 1.29 is 4.79 Å². The summed E-state index contributed by atoms with van der Waals surface area (Å²) in [5.74, 6) is 1.14. The molecule has 0 radical (unpaired) electrons. The molecule has 0 bridgehead atoms. The summed E-state index contributed by atoms with van der Waals surface area (Å²) in [5, 5.41) is 0. The number of piperidine rings is 1. The van der Waals surface area contributed by atoms with E-state index in [9.17, 15) is 4.79 Å². The lowest BCUT2D eigenvalue weighted by Crippen LogP contribution is -2.42. The first-order chi connectivity index (χ1) is 8.88. The molecule has 4 heteroatoms. The number of amides is 1. The summed E-state index contributed by atoms with van der Waals surface area (Å²) in [7, 11) is 0. The Morgan fingerprint density at radius 1 is 1.16 bits per heavy atom. The summed E-state index contributed by atoms with van der Waals surface area (Å²) in [6.45, 7) is 7.87. The number of carbonyl (C=O) groups is 1. The maximum atomic E-state index is 12.5. The molecule has 4 N–H and O–H groups in total. The monoisotopic (exact) mass is 261 g/mol. The summed E-state index contributed by atoms with van der Waals surface area (Å²) in [6, 6.07) is 3.47. The van der Waals surface area contributed by atoms with Gasteiger partial charge in [0.15, 0.2) is 0 Å². The molecule has 0 aromatic heterocycles. The Labute approximate surface area is 114 Å². The number of hydrogen-bond acceptors (Lipinski definition) is 3. The molecule has 2 atom stereocenters. The molecule has 1 heterocycles. The second-order valence-corrected chi connectivity index (χ2v) is 5.94. The Balaban J connectivity index is 2.24. The summed E-state index contributed by atoms with van der Waals surface area (Å²) in [6.07, 6.45) is 1.18. The van der Waals surface area contributed by atoms with Crippen LogP contribution in [0.2, 0.25) is 0 Å². The van der Waals surface area contributed by atoms with E-state index in [0.29, 0.717) is 28.8 Å². The van der Waals surface area contributed by atoms with Crippen LogP contribution in [0.4, 0.5) is 11.4 Å². The van der Waals surface area contributed by atoms with Crippen LogP contribution < -0.4 is 11.5 Å². The second kappa shape index (κ2) is 5.11. The van der Waals surface area contributed by atoms with Gasteiger partial charge in [0.2, 0.25) is 0 Å². The first-order valence-electron chi connectivity index (χ1n) is 6.83. The molecule has 2 rings (SSSR count). The van der Waals surface area contributed by atoms with E-state index in [1.54, 1.807) is 12.1 Å². The highest BCUT2D eigenvalue weighted by Gasteiger charge is 2.26. The van der Waals surface area contributed by atoms with Gasteiger partial charge in [0.05, 0.1) is 0 Å². The Hall–Kier alpha value is -1.71. The van der Waals surface area contributed by atoms with Crippen LogP contribution >= 0.6 is 0 Å². The molecule has 0 unspecified atom stereocenters. The van der Waals surface area contributed by atoms with Gasteiger partial charge in [-0.1, -0.05) is 13.8 Å². The third-order valence-electron chi connectivity index (χ3n) is 3.89. The highest BCUT2D eigenvalue weighted by molar-refractivity contribution is 5.96. The molecule has 104 valence electrons. The average Bonchev–Trinajstić information content (AvgIpc) is 2.33. The summed E-state index contributed by atoms with van der Waals surface area (Å²) >= 11 is 0. The number of benzene rings is 1. The maximum absolute atomic E-state index is 12.5. The van der Waals surface area contributed by atoms with Crippen LogP contribution in [0.25, 0.3) is 0 Å². The largest absolute Gasteiger partial charge is 0.398 e. The van der Waals surface area contributed by atoms with E-state index in [1.165, 1.54) is 6.42 Å². The number of carbonyl (C=O) groups excluding carboxylic acids is 1. The first kappa shape index (κ1) is 13.7. The molecule has 1 aliphatic heterocycles. The molecule has 1 fully saturated rings. The predicted octanol–water partition coefficient (Wildman–Crippen LogP) is 2.28. The van der Waals surface area contributed by atoms with Crippen molar-refractivity contribution >= 4 is 17.3 Å². The molecule has 0 spiro atoms. The van der Waals surface area contributed by atoms with E-state index in [-0.39, 0.29) is 5.91 Å². The van der Waals surface area contributed by atoms with Gasteiger partial charge < -0.3 is 16.4 Å². The quantitative estimate of drug-likeness (QED) is 0.762. The van der Waals surface area contributed by atoms with Crippen molar-refractivity contribution in [3.05, 3.63) is 23.3 Å². The lowest BCUT2D eigenvalue weighted by atomic mass is 9.91. The summed E-state index contributed by atoms with van der Waals surface area (Å²) < 4.78 is 0. The number of rotatable bonds is 1. The van der Waals surface area contributed by atoms with Gasteiger partial charge in [-0.2, -0.15) is 0 Å². The molecule has 0 aliphatic carbocycles. The van der Waals surface area contributed by atoms with Crippen molar-refractivity contribution in [2.24, 2.45) is 11.8 Å². The number of nitrogen functional groups attached to an aromatic ring is 2. The molecular formula is C15H23N3O. The minimum Gasteiger partial charge on any atom is -0.398 e. The zero-order valence-electron chi connectivity index (χ0n) is 11.9. The summed E-state index contributed by atoms with van der Waals surface area (Å²) in [5.41, 5.74) is 14.4. The zero-order valence-corrected chi connectivity index (χ0v) is 11.9. The number of nitrogens with zero attached hydrogens (tertiary/aromatic N) is 1. The predicted molar refractivity (Wildman–Crippen MR) is 78.9 cm³/mol. The number of hydrogen-bond donors (Lipinski definition) is 2. The van der Waals surface area contributed by atoms with Crippen LogP contribution in [-0.2, 0) is 0 Å². The smallest absolute Gasteiger partial charge is 0.254 e. The Kier molecular flexibility index (Phi) is 3.69. The van der Waals surface area contributed by atoms with Crippen LogP contribution in [0, 0.1) is 18.8 Å². The lowest BCUT2D eigenvalue weighted by molar-refractivity contribution is 0.0623. The van der Waals surface area contributed by atoms with E-state index < -0.39 is 0 Å². The van der Waals surface area contributed by atoms with Crippen LogP contribution in [-0.4, -0.2) is 23.9 Å². The fourth-order valence-corrected chi connectivity index (χ4v) is 2.89. The van der Waals surface area contributed by atoms with E-state index in [2.05, 4.69) is 13.8 Å². The first-order valence-corrected chi connectivity index (χ1v) is 6.83. The minimum absolute atomic E-state index is 0.0387. The average molecular weight is 261 g/mol. The zero-order chi connectivity index (χ0) is 14.2. The lowest BCUT2D eigenvalue weighted by Gasteiger charge is -2.35. The third kappa shape index (κ3) is 2.83. The highest BCUT2D eigenvalue weighted by atomic mass is 16.2. The van der Waals surface area contributed by atoms with Crippen molar-refractivity contribution in [1.29, 1.82) is 0 Å². The molecule has 0 saturated carbocycles. The van der Waals surface area contributed by atoms with Gasteiger partial charge in [0.25, 0.3) is 5.91 Å². The van der Waals surface area contributed by atoms with Crippen LogP contribution in [0.3, 0.4) is 0 Å². The SMILES string of the molecule is Cc1c(N)cc(C(=O)N2C[C@@H](C)C[C@H](C)C2)cc1N. The third-order valence-corrected chi connectivity index (χ3v) is 3.89. The van der Waals surface area contributed by atoms with Crippen molar-refractivity contribution in [3.8, 4) is 0 Å². The van der Waals surface area contributed by atoms with Gasteiger partial charge in [-0.05, 0) is 42.9 Å². The molecular weight excluding hydrogens is 238 g/mol. The van der Waals surface area contributed by atoms with Gasteiger partial charge in [-0.25, -0.2) is 0 Å². The van der Waals surface area contributed by atoms with Crippen molar-refractivity contribution in [1.82, 2.24) is 4.90 Å². The van der Waals surface area contributed by atoms with Crippen molar-refractivity contribution in [2.45, 2.75) is 27.2 Å². The minimum atomic E-state index is 0.0387. The number of nitrogens with two attached hydrogens (primary N) is 2. The molecule has 1 aromatic carbocycles. The van der Waals surface area contributed by atoms with E-state index in [0.717, 1.165) is 18.7 Å². The number of likely N-dealkylation sites (tertiary alicyclic amines) is 1. The highest BCUT2D eigenvalue weighted by Crippen LogP contribution is 2.25. The fraction of sp³-hybridized carbons (Fsp3) is 0.533. The van der Waals surface area contributed by atoms with E-state index >= 15 is 0 Å². The fourth-order valence-electron chi connectivity index (χ4n) is 2.89. The molecule has 1 aromatic rings. The molecule has 1 amide bonds. The second-order valence-electron chi connectivity index (χ2n) is 5.94. The van der Waals surface area contributed by atoms with Gasteiger partial charge in [0, 0.05) is 30.0 Å².